The Bertz CT molecular complexity index is 1030. The molecule has 3 rings (SSSR count). The lowest BCUT2D eigenvalue weighted by Crippen LogP contribution is -2.39. The van der Waals surface area contributed by atoms with E-state index in [1.54, 1.807) is 6.07 Å². The van der Waals surface area contributed by atoms with Crippen molar-refractivity contribution in [2.75, 3.05) is 5.32 Å². The quantitative estimate of drug-likeness (QED) is 0.614. The van der Waals surface area contributed by atoms with Gasteiger partial charge < -0.3 is 10.4 Å². The van der Waals surface area contributed by atoms with Gasteiger partial charge in [-0.25, -0.2) is 13.1 Å². The monoisotopic (exact) mass is 442 g/mol. The van der Waals surface area contributed by atoms with Crippen molar-refractivity contribution < 1.29 is 31.5 Å². The summed E-state index contributed by atoms with van der Waals surface area (Å²) in [6, 6.07) is 10.6. The molecule has 0 spiro atoms. The van der Waals surface area contributed by atoms with Crippen molar-refractivity contribution in [3.05, 3.63) is 59.7 Å². The molecule has 0 aliphatic heterocycles. The molecule has 0 heterocycles. The molecule has 1 aliphatic rings. The van der Waals surface area contributed by atoms with Crippen molar-refractivity contribution in [1.29, 1.82) is 0 Å². The molecule has 2 aromatic rings. The molecular weight excluding hydrogens is 421 g/mol. The first-order valence-electron chi connectivity index (χ1n) is 9.19. The van der Waals surface area contributed by atoms with E-state index < -0.39 is 27.7 Å². The zero-order valence-corrected chi connectivity index (χ0v) is 16.8. The summed E-state index contributed by atoms with van der Waals surface area (Å²) in [7, 11) is -3.64. The van der Waals surface area contributed by atoms with Crippen LogP contribution in [-0.2, 0) is 26.8 Å². The molecule has 1 atom stereocenters. The van der Waals surface area contributed by atoms with Crippen molar-refractivity contribution in [3.8, 4) is 0 Å². The number of hydrogen-bond donors (Lipinski definition) is 3. The van der Waals surface area contributed by atoms with Gasteiger partial charge in [0.1, 0.15) is 0 Å². The molecule has 1 unspecified atom stereocenters. The maximum atomic E-state index is 12.9. The number of amides is 1. The van der Waals surface area contributed by atoms with Crippen molar-refractivity contribution in [2.45, 2.75) is 48.9 Å². The third-order valence-corrected chi connectivity index (χ3v) is 6.27. The van der Waals surface area contributed by atoms with E-state index in [1.807, 2.05) is 0 Å². The fraction of sp³-hybridized carbons (Fsp3) is 0.350. The van der Waals surface area contributed by atoms with E-state index in [1.165, 1.54) is 30.3 Å². The molecule has 1 amide bonds. The molecular formula is C20H21F3N2O4S. The Morgan fingerprint density at radius 3 is 2.33 bits per heavy atom. The SMILES string of the molecule is CC(O)(c1ccc(NC(=O)Cc2cccc(S(=O)(=O)NC3CC3)c2)cc1)C(F)(F)F. The van der Waals surface area contributed by atoms with Gasteiger partial charge in [-0.05, 0) is 55.2 Å². The fourth-order valence-corrected chi connectivity index (χ4v) is 4.12. The Morgan fingerprint density at radius 2 is 1.77 bits per heavy atom. The first kappa shape index (κ1) is 22.3. The maximum Gasteiger partial charge on any atom is 0.421 e. The van der Waals surface area contributed by atoms with Crippen LogP contribution in [0.1, 0.15) is 30.9 Å². The van der Waals surface area contributed by atoms with Gasteiger partial charge in [-0.1, -0.05) is 24.3 Å². The molecule has 162 valence electrons. The van der Waals surface area contributed by atoms with Crippen LogP contribution < -0.4 is 10.0 Å². The molecule has 0 saturated heterocycles. The number of benzene rings is 2. The summed E-state index contributed by atoms with van der Waals surface area (Å²) < 4.78 is 65.8. The highest BCUT2D eigenvalue weighted by Gasteiger charge is 2.51. The number of sulfonamides is 1. The first-order chi connectivity index (χ1) is 13.9. The third-order valence-electron chi connectivity index (χ3n) is 4.76. The number of anilines is 1. The van der Waals surface area contributed by atoms with Gasteiger partial charge in [-0.2, -0.15) is 13.2 Å². The molecule has 0 bridgehead atoms. The topological polar surface area (TPSA) is 95.5 Å². The Kier molecular flexibility index (Phi) is 5.94. The van der Waals surface area contributed by atoms with Crippen molar-refractivity contribution in [2.24, 2.45) is 0 Å². The van der Waals surface area contributed by atoms with Crippen molar-refractivity contribution in [1.82, 2.24) is 4.72 Å². The average molecular weight is 442 g/mol. The molecule has 6 nitrogen and oxygen atoms in total. The van der Waals surface area contributed by atoms with Gasteiger partial charge in [0.2, 0.25) is 15.9 Å². The van der Waals surface area contributed by atoms with Crippen LogP contribution in [0.15, 0.2) is 53.4 Å². The number of rotatable bonds is 7. The van der Waals surface area contributed by atoms with Gasteiger partial charge in [0.25, 0.3) is 0 Å². The third kappa shape index (κ3) is 5.18. The second-order valence-corrected chi connectivity index (χ2v) is 9.13. The van der Waals surface area contributed by atoms with Crippen LogP contribution in [0.25, 0.3) is 0 Å². The minimum atomic E-state index is -4.84. The Balaban J connectivity index is 1.65. The highest BCUT2D eigenvalue weighted by Crippen LogP contribution is 2.38. The van der Waals surface area contributed by atoms with E-state index in [0.29, 0.717) is 12.5 Å². The van der Waals surface area contributed by atoms with Gasteiger partial charge in [0, 0.05) is 11.7 Å². The van der Waals surface area contributed by atoms with Crippen molar-refractivity contribution >= 4 is 21.6 Å². The second kappa shape index (κ2) is 8.01. The predicted octanol–water partition coefficient (Wildman–Crippen LogP) is 3.08. The van der Waals surface area contributed by atoms with Gasteiger partial charge in [-0.3, -0.25) is 4.79 Å². The Labute approximate surface area is 172 Å². The average Bonchev–Trinajstić information content (AvgIpc) is 3.44. The van der Waals surface area contributed by atoms with Crippen LogP contribution in [0.4, 0.5) is 18.9 Å². The summed E-state index contributed by atoms with van der Waals surface area (Å²) >= 11 is 0. The first-order valence-corrected chi connectivity index (χ1v) is 10.7. The van der Waals surface area contributed by atoms with Crippen LogP contribution in [0.5, 0.6) is 0 Å². The maximum absolute atomic E-state index is 12.9. The summed E-state index contributed by atoms with van der Waals surface area (Å²) in [6.07, 6.45) is -3.34. The summed E-state index contributed by atoms with van der Waals surface area (Å²) in [5, 5.41) is 12.2. The zero-order valence-electron chi connectivity index (χ0n) is 16.0. The van der Waals surface area contributed by atoms with E-state index in [-0.39, 0.29) is 28.6 Å². The molecule has 0 aromatic heterocycles. The minimum Gasteiger partial charge on any atom is -0.376 e. The highest BCUT2D eigenvalue weighted by atomic mass is 32.2. The van der Waals surface area contributed by atoms with Gasteiger partial charge in [-0.15, -0.1) is 0 Å². The summed E-state index contributed by atoms with van der Waals surface area (Å²) in [5.74, 6) is -0.463. The number of alkyl halides is 3. The predicted molar refractivity (Wildman–Crippen MR) is 104 cm³/mol. The van der Waals surface area contributed by atoms with Crippen LogP contribution in [-0.4, -0.2) is 31.6 Å². The second-order valence-electron chi connectivity index (χ2n) is 7.42. The molecule has 0 radical (unpaired) electrons. The van der Waals surface area contributed by atoms with E-state index in [0.717, 1.165) is 25.0 Å². The Morgan fingerprint density at radius 1 is 1.13 bits per heavy atom. The molecule has 1 aliphatic carbocycles. The Hall–Kier alpha value is -2.43. The molecule has 1 saturated carbocycles. The lowest BCUT2D eigenvalue weighted by Gasteiger charge is -2.26. The van der Waals surface area contributed by atoms with E-state index in [4.69, 9.17) is 0 Å². The molecule has 2 aromatic carbocycles. The summed E-state index contributed by atoms with van der Waals surface area (Å²) in [5.41, 5.74) is -2.63. The number of hydrogen-bond acceptors (Lipinski definition) is 4. The lowest BCUT2D eigenvalue weighted by atomic mass is 9.95. The summed E-state index contributed by atoms with van der Waals surface area (Å²) in [4.78, 5) is 12.3. The van der Waals surface area contributed by atoms with E-state index in [2.05, 4.69) is 10.0 Å². The standard InChI is InChI=1S/C20H21F3N2O4S/c1-19(27,20(21,22)23)14-5-7-15(8-6-14)24-18(26)12-13-3-2-4-17(11-13)30(28,29)25-16-9-10-16/h2-8,11,16,25,27H,9-10,12H2,1H3,(H,24,26). The van der Waals surface area contributed by atoms with E-state index in [9.17, 15) is 31.5 Å². The zero-order chi connectivity index (χ0) is 22.2. The van der Waals surface area contributed by atoms with Gasteiger partial charge in [0.05, 0.1) is 11.3 Å². The summed E-state index contributed by atoms with van der Waals surface area (Å²) in [6.45, 7) is 0.652. The lowest BCUT2D eigenvalue weighted by molar-refractivity contribution is -0.258. The highest BCUT2D eigenvalue weighted by molar-refractivity contribution is 7.89. The van der Waals surface area contributed by atoms with Gasteiger partial charge >= 0.3 is 6.18 Å². The van der Waals surface area contributed by atoms with Gasteiger partial charge in [0.15, 0.2) is 5.60 Å². The number of halogens is 3. The minimum absolute atomic E-state index is 0.0388. The largest absolute Gasteiger partial charge is 0.421 e. The van der Waals surface area contributed by atoms with E-state index >= 15 is 0 Å². The molecule has 10 heteroatoms. The smallest absolute Gasteiger partial charge is 0.376 e. The number of carbonyl (C=O) groups excluding carboxylic acids is 1. The number of aliphatic hydroxyl groups is 1. The molecule has 3 N–H and O–H groups in total. The van der Waals surface area contributed by atoms with Crippen LogP contribution in [0, 0.1) is 0 Å². The molecule has 30 heavy (non-hydrogen) atoms. The van der Waals surface area contributed by atoms with Crippen molar-refractivity contribution in [3.63, 3.8) is 0 Å². The normalized spacial score (nSPS) is 16.7. The van der Waals surface area contributed by atoms with Crippen LogP contribution in [0.3, 0.4) is 0 Å². The fourth-order valence-electron chi connectivity index (χ4n) is 2.74. The number of carbonyl (C=O) groups is 1. The van der Waals surface area contributed by atoms with Crippen LogP contribution >= 0.6 is 0 Å². The van der Waals surface area contributed by atoms with Crippen LogP contribution in [0.2, 0.25) is 0 Å². The molecule has 1 fully saturated rings. The number of nitrogens with one attached hydrogen (secondary N) is 2.